The molecule has 23 heavy (non-hydrogen) atoms. The first-order chi connectivity index (χ1) is 10.8. The summed E-state index contributed by atoms with van der Waals surface area (Å²) in [6.07, 6.45) is 1.08. The standard InChI is InChI=1S/C19H24N2O2/c1-6-11(2)15-7-9-16(10-8-15)21-19(23)18-12(3)17(14(5)22)13(4)20-18/h7-11,20H,6H2,1-5H3,(H,21,23)/t11-/m1/s1. The molecule has 0 saturated heterocycles. The lowest BCUT2D eigenvalue weighted by molar-refractivity contribution is 0.101. The van der Waals surface area contributed by atoms with Gasteiger partial charge in [0, 0.05) is 16.9 Å². The summed E-state index contributed by atoms with van der Waals surface area (Å²) in [5.41, 5.74) is 4.48. The van der Waals surface area contributed by atoms with Crippen molar-refractivity contribution in [3.05, 3.63) is 52.3 Å². The number of benzene rings is 1. The summed E-state index contributed by atoms with van der Waals surface area (Å²) in [4.78, 5) is 27.1. The molecule has 2 aromatic rings. The van der Waals surface area contributed by atoms with Crippen molar-refractivity contribution >= 4 is 17.4 Å². The van der Waals surface area contributed by atoms with E-state index in [9.17, 15) is 9.59 Å². The number of nitrogens with one attached hydrogen (secondary N) is 2. The molecule has 1 amide bonds. The summed E-state index contributed by atoms with van der Waals surface area (Å²) in [5, 5.41) is 2.88. The summed E-state index contributed by atoms with van der Waals surface area (Å²) in [6, 6.07) is 7.90. The number of rotatable bonds is 5. The zero-order valence-corrected chi connectivity index (χ0v) is 14.4. The Kier molecular flexibility index (Phi) is 5.04. The van der Waals surface area contributed by atoms with Gasteiger partial charge in [-0.2, -0.15) is 0 Å². The zero-order chi connectivity index (χ0) is 17.1. The molecule has 0 fully saturated rings. The molecule has 1 aromatic carbocycles. The molecule has 122 valence electrons. The fraction of sp³-hybridized carbons (Fsp3) is 0.368. The second-order valence-electron chi connectivity index (χ2n) is 6.07. The highest BCUT2D eigenvalue weighted by molar-refractivity contribution is 6.07. The molecule has 0 saturated carbocycles. The number of aromatic amines is 1. The van der Waals surface area contributed by atoms with E-state index in [0.717, 1.165) is 17.8 Å². The number of carbonyl (C=O) groups excluding carboxylic acids is 2. The number of aryl methyl sites for hydroxylation is 1. The van der Waals surface area contributed by atoms with Gasteiger partial charge >= 0.3 is 0 Å². The van der Waals surface area contributed by atoms with Crippen molar-refractivity contribution in [1.82, 2.24) is 4.98 Å². The Morgan fingerprint density at radius 1 is 1.17 bits per heavy atom. The monoisotopic (exact) mass is 312 g/mol. The molecule has 0 unspecified atom stereocenters. The number of anilines is 1. The van der Waals surface area contributed by atoms with Gasteiger partial charge in [0.1, 0.15) is 5.69 Å². The summed E-state index contributed by atoms with van der Waals surface area (Å²) in [7, 11) is 0. The quantitative estimate of drug-likeness (QED) is 0.793. The SMILES string of the molecule is CC[C@@H](C)c1ccc(NC(=O)c2[nH]c(C)c(C(C)=O)c2C)cc1. The fourth-order valence-corrected chi connectivity index (χ4v) is 2.83. The van der Waals surface area contributed by atoms with E-state index in [1.54, 1.807) is 13.8 Å². The van der Waals surface area contributed by atoms with Gasteiger partial charge in [-0.05, 0) is 56.4 Å². The number of carbonyl (C=O) groups is 2. The van der Waals surface area contributed by atoms with Crippen LogP contribution in [0, 0.1) is 13.8 Å². The maximum Gasteiger partial charge on any atom is 0.272 e. The molecule has 0 aliphatic rings. The Labute approximate surface area is 137 Å². The van der Waals surface area contributed by atoms with Crippen LogP contribution in [-0.2, 0) is 0 Å². The normalized spacial score (nSPS) is 12.0. The van der Waals surface area contributed by atoms with Gasteiger partial charge in [-0.15, -0.1) is 0 Å². The Hall–Kier alpha value is -2.36. The predicted molar refractivity (Wildman–Crippen MR) is 93.4 cm³/mol. The average Bonchev–Trinajstić information content (AvgIpc) is 2.82. The number of aromatic nitrogens is 1. The second kappa shape index (κ2) is 6.82. The van der Waals surface area contributed by atoms with Crippen molar-refractivity contribution in [1.29, 1.82) is 0 Å². The molecule has 1 aromatic heterocycles. The van der Waals surface area contributed by atoms with E-state index >= 15 is 0 Å². The first kappa shape index (κ1) is 17.0. The van der Waals surface area contributed by atoms with E-state index in [1.807, 2.05) is 24.3 Å². The Morgan fingerprint density at radius 2 is 1.78 bits per heavy atom. The minimum atomic E-state index is -0.227. The Balaban J connectivity index is 2.20. The van der Waals surface area contributed by atoms with Crippen LogP contribution in [-0.4, -0.2) is 16.7 Å². The smallest absolute Gasteiger partial charge is 0.272 e. The van der Waals surface area contributed by atoms with Crippen molar-refractivity contribution in [2.45, 2.75) is 47.0 Å². The van der Waals surface area contributed by atoms with E-state index in [2.05, 4.69) is 24.1 Å². The molecular formula is C19H24N2O2. The predicted octanol–water partition coefficient (Wildman–Crippen LogP) is 4.60. The minimum absolute atomic E-state index is 0.0341. The third-order valence-corrected chi connectivity index (χ3v) is 4.37. The average molecular weight is 312 g/mol. The molecule has 0 aliphatic carbocycles. The van der Waals surface area contributed by atoms with Crippen LogP contribution in [0.5, 0.6) is 0 Å². The van der Waals surface area contributed by atoms with Crippen LogP contribution in [0.1, 0.15) is 70.8 Å². The zero-order valence-electron chi connectivity index (χ0n) is 14.4. The molecule has 0 bridgehead atoms. The number of amides is 1. The molecule has 4 nitrogen and oxygen atoms in total. The highest BCUT2D eigenvalue weighted by Crippen LogP contribution is 2.22. The molecular weight excluding hydrogens is 288 g/mol. The van der Waals surface area contributed by atoms with E-state index in [4.69, 9.17) is 0 Å². The van der Waals surface area contributed by atoms with E-state index in [1.165, 1.54) is 12.5 Å². The van der Waals surface area contributed by atoms with Crippen LogP contribution in [0.4, 0.5) is 5.69 Å². The summed E-state index contributed by atoms with van der Waals surface area (Å²) < 4.78 is 0. The Morgan fingerprint density at radius 3 is 2.26 bits per heavy atom. The summed E-state index contributed by atoms with van der Waals surface area (Å²) >= 11 is 0. The van der Waals surface area contributed by atoms with Crippen molar-refractivity contribution in [3.8, 4) is 0 Å². The fourth-order valence-electron chi connectivity index (χ4n) is 2.83. The number of ketones is 1. The van der Waals surface area contributed by atoms with Gasteiger partial charge in [0.05, 0.1) is 0 Å². The number of hydrogen-bond donors (Lipinski definition) is 2. The molecule has 2 rings (SSSR count). The van der Waals surface area contributed by atoms with Gasteiger partial charge in [-0.25, -0.2) is 0 Å². The molecule has 1 heterocycles. The number of H-pyrrole nitrogens is 1. The lowest BCUT2D eigenvalue weighted by atomic mass is 9.98. The minimum Gasteiger partial charge on any atom is -0.354 e. The Bertz CT molecular complexity index is 727. The van der Waals surface area contributed by atoms with Crippen LogP contribution in [0.15, 0.2) is 24.3 Å². The van der Waals surface area contributed by atoms with E-state index in [0.29, 0.717) is 22.7 Å². The van der Waals surface area contributed by atoms with Crippen LogP contribution in [0.25, 0.3) is 0 Å². The van der Waals surface area contributed by atoms with Crippen molar-refractivity contribution in [2.75, 3.05) is 5.32 Å². The van der Waals surface area contributed by atoms with Gasteiger partial charge in [-0.1, -0.05) is 26.0 Å². The maximum atomic E-state index is 12.4. The molecule has 1 atom stereocenters. The first-order valence-electron chi connectivity index (χ1n) is 7.96. The molecule has 0 aliphatic heterocycles. The number of hydrogen-bond acceptors (Lipinski definition) is 2. The summed E-state index contributed by atoms with van der Waals surface area (Å²) in [6.45, 7) is 9.45. The van der Waals surface area contributed by atoms with Gasteiger partial charge in [-0.3, -0.25) is 9.59 Å². The lowest BCUT2D eigenvalue weighted by Gasteiger charge is -2.10. The van der Waals surface area contributed by atoms with Gasteiger partial charge < -0.3 is 10.3 Å². The van der Waals surface area contributed by atoms with Crippen LogP contribution in [0.2, 0.25) is 0 Å². The topological polar surface area (TPSA) is 62.0 Å². The van der Waals surface area contributed by atoms with Crippen LogP contribution < -0.4 is 5.32 Å². The number of Topliss-reactive ketones (excluding diaryl/α,β-unsaturated/α-hetero) is 1. The highest BCUT2D eigenvalue weighted by atomic mass is 16.2. The van der Waals surface area contributed by atoms with Crippen LogP contribution in [0.3, 0.4) is 0 Å². The molecule has 4 heteroatoms. The van der Waals surface area contributed by atoms with E-state index in [-0.39, 0.29) is 11.7 Å². The largest absolute Gasteiger partial charge is 0.354 e. The third kappa shape index (κ3) is 3.52. The van der Waals surface area contributed by atoms with Crippen molar-refractivity contribution < 1.29 is 9.59 Å². The van der Waals surface area contributed by atoms with Gasteiger partial charge in [0.25, 0.3) is 5.91 Å². The maximum absolute atomic E-state index is 12.4. The first-order valence-corrected chi connectivity index (χ1v) is 7.96. The summed E-state index contributed by atoms with van der Waals surface area (Å²) in [5.74, 6) is 0.244. The van der Waals surface area contributed by atoms with Gasteiger partial charge in [0.15, 0.2) is 5.78 Å². The molecule has 0 radical (unpaired) electrons. The van der Waals surface area contributed by atoms with Crippen LogP contribution >= 0.6 is 0 Å². The second-order valence-corrected chi connectivity index (χ2v) is 6.07. The van der Waals surface area contributed by atoms with Gasteiger partial charge in [0.2, 0.25) is 0 Å². The lowest BCUT2D eigenvalue weighted by Crippen LogP contribution is -2.14. The van der Waals surface area contributed by atoms with Crippen molar-refractivity contribution in [3.63, 3.8) is 0 Å². The molecule has 2 N–H and O–H groups in total. The van der Waals surface area contributed by atoms with Crippen molar-refractivity contribution in [2.24, 2.45) is 0 Å². The highest BCUT2D eigenvalue weighted by Gasteiger charge is 2.19. The van der Waals surface area contributed by atoms with E-state index < -0.39 is 0 Å². The third-order valence-electron chi connectivity index (χ3n) is 4.37. The molecule has 0 spiro atoms.